The lowest BCUT2D eigenvalue weighted by Gasteiger charge is -2.13. The van der Waals surface area contributed by atoms with E-state index in [-0.39, 0.29) is 11.9 Å². The highest BCUT2D eigenvalue weighted by Gasteiger charge is 2.39. The summed E-state index contributed by atoms with van der Waals surface area (Å²) in [7, 11) is 0. The zero-order valence-corrected chi connectivity index (χ0v) is 7.42. The average molecular weight is 160 g/mol. The standard InChI is InChI=1S/C8H16O3/c1-4-9-7(2)10-5-8(3)6-11-8/h7H,4-6H2,1-3H3/t7-,8+/m0/s1. The van der Waals surface area contributed by atoms with Gasteiger partial charge in [-0.3, -0.25) is 0 Å². The van der Waals surface area contributed by atoms with Crippen LogP contribution in [0.1, 0.15) is 20.8 Å². The van der Waals surface area contributed by atoms with E-state index in [2.05, 4.69) is 0 Å². The summed E-state index contributed by atoms with van der Waals surface area (Å²) >= 11 is 0. The summed E-state index contributed by atoms with van der Waals surface area (Å²) in [5.41, 5.74) is -0.0225. The fourth-order valence-electron chi connectivity index (χ4n) is 0.783. The van der Waals surface area contributed by atoms with Gasteiger partial charge in [-0.05, 0) is 20.8 Å². The molecule has 1 aliphatic heterocycles. The Bertz CT molecular complexity index is 121. The highest BCUT2D eigenvalue weighted by molar-refractivity contribution is 4.86. The van der Waals surface area contributed by atoms with E-state index in [1.807, 2.05) is 20.8 Å². The Balaban J connectivity index is 2.01. The van der Waals surface area contributed by atoms with Crippen molar-refractivity contribution >= 4 is 0 Å². The lowest BCUT2D eigenvalue weighted by molar-refractivity contribution is -0.136. The molecule has 1 rings (SSSR count). The van der Waals surface area contributed by atoms with E-state index < -0.39 is 0 Å². The predicted molar refractivity (Wildman–Crippen MR) is 41.4 cm³/mol. The molecule has 0 bridgehead atoms. The van der Waals surface area contributed by atoms with Gasteiger partial charge in [0, 0.05) is 6.61 Å². The molecule has 0 aromatic carbocycles. The van der Waals surface area contributed by atoms with Crippen molar-refractivity contribution < 1.29 is 14.2 Å². The number of hydrogen-bond acceptors (Lipinski definition) is 3. The Morgan fingerprint density at radius 1 is 1.55 bits per heavy atom. The maximum atomic E-state index is 5.36. The second-order valence-electron chi connectivity index (χ2n) is 3.07. The molecule has 0 unspecified atom stereocenters. The smallest absolute Gasteiger partial charge is 0.154 e. The first-order valence-electron chi connectivity index (χ1n) is 4.03. The number of hydrogen-bond donors (Lipinski definition) is 0. The lowest BCUT2D eigenvalue weighted by Crippen LogP contribution is -2.21. The minimum Gasteiger partial charge on any atom is -0.367 e. The second kappa shape index (κ2) is 3.52. The van der Waals surface area contributed by atoms with Gasteiger partial charge >= 0.3 is 0 Å². The molecule has 2 atom stereocenters. The molecule has 0 aliphatic carbocycles. The van der Waals surface area contributed by atoms with Gasteiger partial charge in [0.25, 0.3) is 0 Å². The fourth-order valence-corrected chi connectivity index (χ4v) is 0.783. The Morgan fingerprint density at radius 3 is 2.64 bits per heavy atom. The van der Waals surface area contributed by atoms with Crippen LogP contribution in [0, 0.1) is 0 Å². The number of rotatable bonds is 5. The maximum absolute atomic E-state index is 5.36. The second-order valence-corrected chi connectivity index (χ2v) is 3.07. The molecular weight excluding hydrogens is 144 g/mol. The van der Waals surface area contributed by atoms with E-state index in [0.29, 0.717) is 13.2 Å². The SMILES string of the molecule is CCO[C@H](C)OC[C@]1(C)CO1. The van der Waals surface area contributed by atoms with E-state index >= 15 is 0 Å². The summed E-state index contributed by atoms with van der Waals surface area (Å²) in [4.78, 5) is 0. The van der Waals surface area contributed by atoms with Crippen molar-refractivity contribution in [3.8, 4) is 0 Å². The molecule has 66 valence electrons. The molecule has 1 saturated heterocycles. The predicted octanol–water partition coefficient (Wildman–Crippen LogP) is 1.17. The summed E-state index contributed by atoms with van der Waals surface area (Å²) < 4.78 is 15.7. The molecule has 0 aromatic heterocycles. The summed E-state index contributed by atoms with van der Waals surface area (Å²) in [5.74, 6) is 0. The topological polar surface area (TPSA) is 31.0 Å². The molecule has 11 heavy (non-hydrogen) atoms. The van der Waals surface area contributed by atoms with Crippen molar-refractivity contribution in [1.29, 1.82) is 0 Å². The van der Waals surface area contributed by atoms with E-state index in [1.165, 1.54) is 0 Å². The zero-order valence-electron chi connectivity index (χ0n) is 7.42. The van der Waals surface area contributed by atoms with Gasteiger partial charge in [0.05, 0.1) is 13.2 Å². The first-order valence-corrected chi connectivity index (χ1v) is 4.03. The van der Waals surface area contributed by atoms with Crippen molar-refractivity contribution in [2.45, 2.75) is 32.7 Å². The molecule has 0 radical (unpaired) electrons. The summed E-state index contributed by atoms with van der Waals surface area (Å²) in [6.45, 7) is 8.02. The van der Waals surface area contributed by atoms with Crippen molar-refractivity contribution in [3.05, 3.63) is 0 Å². The van der Waals surface area contributed by atoms with Gasteiger partial charge in [0.2, 0.25) is 0 Å². The van der Waals surface area contributed by atoms with Crippen LogP contribution in [0.4, 0.5) is 0 Å². The van der Waals surface area contributed by atoms with Gasteiger partial charge in [0.15, 0.2) is 6.29 Å². The third kappa shape index (κ3) is 3.18. The van der Waals surface area contributed by atoms with Crippen LogP contribution in [-0.2, 0) is 14.2 Å². The fraction of sp³-hybridized carbons (Fsp3) is 1.00. The van der Waals surface area contributed by atoms with Gasteiger partial charge in [-0.1, -0.05) is 0 Å². The summed E-state index contributed by atoms with van der Waals surface area (Å²) in [6, 6.07) is 0. The Kier molecular flexibility index (Phi) is 2.87. The largest absolute Gasteiger partial charge is 0.367 e. The molecule has 3 nitrogen and oxygen atoms in total. The maximum Gasteiger partial charge on any atom is 0.154 e. The van der Waals surface area contributed by atoms with Crippen LogP contribution in [0.15, 0.2) is 0 Å². The molecule has 0 saturated carbocycles. The molecule has 0 spiro atoms. The molecule has 0 N–H and O–H groups in total. The van der Waals surface area contributed by atoms with Crippen LogP contribution >= 0.6 is 0 Å². The Labute approximate surface area is 67.6 Å². The van der Waals surface area contributed by atoms with Crippen LogP contribution in [0.25, 0.3) is 0 Å². The Hall–Kier alpha value is -0.120. The van der Waals surface area contributed by atoms with E-state index in [9.17, 15) is 0 Å². The molecule has 1 fully saturated rings. The first kappa shape index (κ1) is 8.97. The molecule has 0 amide bonds. The van der Waals surface area contributed by atoms with Crippen molar-refractivity contribution in [1.82, 2.24) is 0 Å². The molecule has 3 heteroatoms. The number of epoxide rings is 1. The van der Waals surface area contributed by atoms with Crippen molar-refractivity contribution in [3.63, 3.8) is 0 Å². The van der Waals surface area contributed by atoms with Gasteiger partial charge in [-0.2, -0.15) is 0 Å². The summed E-state index contributed by atoms with van der Waals surface area (Å²) in [6.07, 6.45) is -0.110. The summed E-state index contributed by atoms with van der Waals surface area (Å²) in [5, 5.41) is 0. The van der Waals surface area contributed by atoms with Crippen LogP contribution in [-0.4, -0.2) is 31.7 Å². The molecular formula is C8H16O3. The first-order chi connectivity index (χ1) is 5.16. The van der Waals surface area contributed by atoms with Crippen molar-refractivity contribution in [2.24, 2.45) is 0 Å². The third-order valence-corrected chi connectivity index (χ3v) is 1.66. The number of ether oxygens (including phenoxy) is 3. The normalized spacial score (nSPS) is 31.9. The highest BCUT2D eigenvalue weighted by atomic mass is 16.7. The Morgan fingerprint density at radius 2 is 2.18 bits per heavy atom. The minimum atomic E-state index is -0.110. The van der Waals surface area contributed by atoms with E-state index in [1.54, 1.807) is 0 Å². The molecule has 1 aliphatic rings. The van der Waals surface area contributed by atoms with Gasteiger partial charge in [-0.15, -0.1) is 0 Å². The third-order valence-electron chi connectivity index (χ3n) is 1.66. The van der Waals surface area contributed by atoms with E-state index in [4.69, 9.17) is 14.2 Å². The molecule has 0 aromatic rings. The zero-order chi connectivity index (χ0) is 8.32. The quantitative estimate of drug-likeness (QED) is 0.447. The highest BCUT2D eigenvalue weighted by Crippen LogP contribution is 2.26. The van der Waals surface area contributed by atoms with Gasteiger partial charge in [-0.25, -0.2) is 0 Å². The molecule has 1 heterocycles. The minimum absolute atomic E-state index is 0.0225. The van der Waals surface area contributed by atoms with Crippen LogP contribution in [0.3, 0.4) is 0 Å². The van der Waals surface area contributed by atoms with Crippen LogP contribution in [0.2, 0.25) is 0 Å². The van der Waals surface area contributed by atoms with E-state index in [0.717, 1.165) is 6.61 Å². The average Bonchev–Trinajstić information content (AvgIpc) is 2.66. The van der Waals surface area contributed by atoms with Crippen LogP contribution in [0.5, 0.6) is 0 Å². The lowest BCUT2D eigenvalue weighted by atomic mass is 10.2. The van der Waals surface area contributed by atoms with Crippen LogP contribution < -0.4 is 0 Å². The monoisotopic (exact) mass is 160 g/mol. The van der Waals surface area contributed by atoms with Gasteiger partial charge < -0.3 is 14.2 Å². The van der Waals surface area contributed by atoms with Crippen molar-refractivity contribution in [2.75, 3.05) is 19.8 Å². The van der Waals surface area contributed by atoms with Gasteiger partial charge in [0.1, 0.15) is 5.60 Å².